The van der Waals surface area contributed by atoms with E-state index in [1.807, 2.05) is 60.7 Å². The summed E-state index contributed by atoms with van der Waals surface area (Å²) in [6.07, 6.45) is 0. The van der Waals surface area contributed by atoms with Crippen LogP contribution in [-0.2, 0) is 11.3 Å². The maximum absolute atomic E-state index is 13.2. The number of carbonyl (C=O) groups is 1. The highest BCUT2D eigenvalue weighted by atomic mass is 16.5. The van der Waals surface area contributed by atoms with Crippen molar-refractivity contribution in [1.29, 1.82) is 0 Å². The van der Waals surface area contributed by atoms with Crippen LogP contribution in [0.3, 0.4) is 0 Å². The molecule has 0 saturated carbocycles. The molecule has 1 atom stereocenters. The summed E-state index contributed by atoms with van der Waals surface area (Å²) in [7, 11) is 1.58. The molecule has 1 fully saturated rings. The fourth-order valence-electron chi connectivity index (χ4n) is 3.87. The minimum atomic E-state index is -0.148. The number of nitrogens with zero attached hydrogens (tertiary/aromatic N) is 1. The van der Waals surface area contributed by atoms with Gasteiger partial charge >= 0.3 is 0 Å². The number of amides is 1. The summed E-state index contributed by atoms with van der Waals surface area (Å²) in [5.41, 5.74) is 2.67. The van der Waals surface area contributed by atoms with Crippen molar-refractivity contribution in [2.75, 3.05) is 40.0 Å². The molecule has 1 aliphatic heterocycles. The van der Waals surface area contributed by atoms with Gasteiger partial charge in [-0.1, -0.05) is 60.7 Å². The van der Waals surface area contributed by atoms with Gasteiger partial charge in [0.05, 0.1) is 26.4 Å². The molecule has 0 bridgehead atoms. The van der Waals surface area contributed by atoms with Crippen LogP contribution in [0.2, 0.25) is 0 Å². The number of hydrogen-bond donors (Lipinski definition) is 1. The summed E-state index contributed by atoms with van der Waals surface area (Å²) in [4.78, 5) is 15.5. The smallest absolute Gasteiger partial charge is 0.251 e. The summed E-state index contributed by atoms with van der Waals surface area (Å²) in [5.74, 6) is 0.985. The average Bonchev–Trinajstić information content (AvgIpc) is 2.88. The first-order valence-electron chi connectivity index (χ1n) is 11.2. The second-order valence-corrected chi connectivity index (χ2v) is 7.99. The molecule has 0 radical (unpaired) electrons. The summed E-state index contributed by atoms with van der Waals surface area (Å²) >= 11 is 0. The number of morpholine rings is 1. The molecule has 3 aromatic carbocycles. The normalized spacial score (nSPS) is 14.9. The van der Waals surface area contributed by atoms with Crippen LogP contribution in [0.25, 0.3) is 0 Å². The van der Waals surface area contributed by atoms with Gasteiger partial charge in [-0.2, -0.15) is 0 Å². The molecule has 172 valence electrons. The van der Waals surface area contributed by atoms with E-state index in [0.29, 0.717) is 23.7 Å². The first-order valence-corrected chi connectivity index (χ1v) is 11.2. The Morgan fingerprint density at radius 1 is 0.970 bits per heavy atom. The molecular weight excluding hydrogens is 416 g/mol. The van der Waals surface area contributed by atoms with Crippen LogP contribution in [0.1, 0.15) is 27.5 Å². The molecule has 0 spiro atoms. The Balaban J connectivity index is 1.46. The van der Waals surface area contributed by atoms with Crippen molar-refractivity contribution >= 4 is 5.91 Å². The van der Waals surface area contributed by atoms with E-state index in [2.05, 4.69) is 10.2 Å². The van der Waals surface area contributed by atoms with E-state index < -0.39 is 0 Å². The van der Waals surface area contributed by atoms with Crippen LogP contribution >= 0.6 is 0 Å². The van der Waals surface area contributed by atoms with Crippen LogP contribution in [0.5, 0.6) is 11.5 Å². The first-order chi connectivity index (χ1) is 16.2. The van der Waals surface area contributed by atoms with Crippen molar-refractivity contribution in [1.82, 2.24) is 10.2 Å². The molecule has 33 heavy (non-hydrogen) atoms. The Kier molecular flexibility index (Phi) is 7.95. The Morgan fingerprint density at radius 2 is 1.67 bits per heavy atom. The highest BCUT2D eigenvalue weighted by molar-refractivity contribution is 5.95. The molecule has 6 nitrogen and oxygen atoms in total. The Bertz CT molecular complexity index is 1020. The molecular formula is C27H30N2O4. The zero-order chi connectivity index (χ0) is 22.9. The standard InChI is InChI=1S/C27H30N2O4/c1-31-26-18-23(12-13-25(26)33-20-21-8-4-2-5-9-21)27(30)28-24(22-10-6-3-7-11-22)19-29-14-16-32-17-15-29/h2-13,18,24H,14-17,19-20H2,1H3,(H,28,30)/t24-/m0/s1. The molecule has 4 rings (SSSR count). The fourth-order valence-corrected chi connectivity index (χ4v) is 3.87. The third-order valence-electron chi connectivity index (χ3n) is 5.71. The third-order valence-corrected chi connectivity index (χ3v) is 5.71. The number of ether oxygens (including phenoxy) is 3. The second-order valence-electron chi connectivity index (χ2n) is 7.99. The molecule has 1 heterocycles. The summed E-state index contributed by atoms with van der Waals surface area (Å²) in [5, 5.41) is 3.21. The van der Waals surface area contributed by atoms with Gasteiger partial charge in [-0.05, 0) is 29.3 Å². The van der Waals surface area contributed by atoms with Crippen LogP contribution in [-0.4, -0.2) is 50.8 Å². The second kappa shape index (κ2) is 11.5. The molecule has 0 unspecified atom stereocenters. The quantitative estimate of drug-likeness (QED) is 0.537. The molecule has 1 saturated heterocycles. The van der Waals surface area contributed by atoms with E-state index in [1.165, 1.54) is 0 Å². The maximum atomic E-state index is 13.2. The zero-order valence-corrected chi connectivity index (χ0v) is 18.9. The van der Waals surface area contributed by atoms with Gasteiger partial charge < -0.3 is 19.5 Å². The lowest BCUT2D eigenvalue weighted by Gasteiger charge is -2.31. The van der Waals surface area contributed by atoms with Gasteiger partial charge in [-0.3, -0.25) is 9.69 Å². The predicted molar refractivity (Wildman–Crippen MR) is 128 cm³/mol. The highest BCUT2D eigenvalue weighted by Gasteiger charge is 2.21. The highest BCUT2D eigenvalue weighted by Crippen LogP contribution is 2.29. The molecule has 6 heteroatoms. The zero-order valence-electron chi connectivity index (χ0n) is 18.9. The molecule has 0 aliphatic carbocycles. The molecule has 3 aromatic rings. The van der Waals surface area contributed by atoms with E-state index in [0.717, 1.165) is 44.0 Å². The average molecular weight is 447 g/mol. The number of benzene rings is 3. The third kappa shape index (κ3) is 6.34. The minimum Gasteiger partial charge on any atom is -0.493 e. The van der Waals surface area contributed by atoms with E-state index >= 15 is 0 Å². The molecule has 1 aliphatic rings. The first kappa shape index (κ1) is 22.8. The molecule has 1 amide bonds. The monoisotopic (exact) mass is 446 g/mol. The van der Waals surface area contributed by atoms with E-state index in [1.54, 1.807) is 25.3 Å². The van der Waals surface area contributed by atoms with Crippen molar-refractivity contribution in [3.8, 4) is 11.5 Å². The van der Waals surface area contributed by atoms with Crippen molar-refractivity contribution in [3.63, 3.8) is 0 Å². The summed E-state index contributed by atoms with van der Waals surface area (Å²) < 4.78 is 16.9. The SMILES string of the molecule is COc1cc(C(=O)N[C@@H](CN2CCOCC2)c2ccccc2)ccc1OCc1ccccc1. The molecule has 1 N–H and O–H groups in total. The topological polar surface area (TPSA) is 60.0 Å². The van der Waals surface area contributed by atoms with Gasteiger partial charge in [-0.15, -0.1) is 0 Å². The Morgan fingerprint density at radius 3 is 2.36 bits per heavy atom. The van der Waals surface area contributed by atoms with Crippen molar-refractivity contribution < 1.29 is 19.0 Å². The van der Waals surface area contributed by atoms with Crippen molar-refractivity contribution in [2.45, 2.75) is 12.6 Å². The maximum Gasteiger partial charge on any atom is 0.251 e. The fraction of sp³-hybridized carbons (Fsp3) is 0.296. The van der Waals surface area contributed by atoms with E-state index in [9.17, 15) is 4.79 Å². The lowest BCUT2D eigenvalue weighted by atomic mass is 10.0. The van der Waals surface area contributed by atoms with Crippen LogP contribution in [0, 0.1) is 0 Å². The van der Waals surface area contributed by atoms with Crippen molar-refractivity contribution in [2.24, 2.45) is 0 Å². The molecule has 0 aromatic heterocycles. The summed E-state index contributed by atoms with van der Waals surface area (Å²) in [6, 6.07) is 25.2. The van der Waals surface area contributed by atoms with Gasteiger partial charge in [0, 0.05) is 25.2 Å². The number of hydrogen-bond acceptors (Lipinski definition) is 5. The number of carbonyl (C=O) groups excluding carboxylic acids is 1. The predicted octanol–water partition coefficient (Wildman–Crippen LogP) is 4.08. The lowest BCUT2D eigenvalue weighted by Crippen LogP contribution is -2.43. The van der Waals surface area contributed by atoms with Gasteiger partial charge in [0.15, 0.2) is 11.5 Å². The van der Waals surface area contributed by atoms with Crippen LogP contribution in [0.4, 0.5) is 0 Å². The summed E-state index contributed by atoms with van der Waals surface area (Å²) in [6.45, 7) is 4.32. The largest absolute Gasteiger partial charge is 0.493 e. The minimum absolute atomic E-state index is 0.128. The van der Waals surface area contributed by atoms with E-state index in [-0.39, 0.29) is 11.9 Å². The van der Waals surface area contributed by atoms with Crippen molar-refractivity contribution in [3.05, 3.63) is 95.6 Å². The van der Waals surface area contributed by atoms with Gasteiger partial charge in [-0.25, -0.2) is 0 Å². The number of nitrogens with one attached hydrogen (secondary N) is 1. The Hall–Kier alpha value is -3.35. The number of methoxy groups -OCH3 is 1. The lowest BCUT2D eigenvalue weighted by molar-refractivity contribution is 0.0332. The van der Waals surface area contributed by atoms with Crippen LogP contribution < -0.4 is 14.8 Å². The Labute approximate surface area is 195 Å². The number of rotatable bonds is 9. The van der Waals surface area contributed by atoms with Crippen LogP contribution in [0.15, 0.2) is 78.9 Å². The van der Waals surface area contributed by atoms with Gasteiger partial charge in [0.25, 0.3) is 5.91 Å². The van der Waals surface area contributed by atoms with E-state index in [4.69, 9.17) is 14.2 Å². The van der Waals surface area contributed by atoms with Gasteiger partial charge in [0.2, 0.25) is 0 Å². The van der Waals surface area contributed by atoms with Gasteiger partial charge in [0.1, 0.15) is 6.61 Å².